The topological polar surface area (TPSA) is 36.9 Å². The van der Waals surface area contributed by atoms with Crippen molar-refractivity contribution in [3.63, 3.8) is 0 Å². The van der Waals surface area contributed by atoms with Gasteiger partial charge >= 0.3 is 0 Å². The van der Waals surface area contributed by atoms with E-state index in [0.717, 1.165) is 22.8 Å². The summed E-state index contributed by atoms with van der Waals surface area (Å²) in [7, 11) is -3.06. The first-order chi connectivity index (χ1) is 16.7. The molecule has 0 N–H and O–H groups in total. The Morgan fingerprint density at radius 2 is 1.00 bits per heavy atom. The van der Waals surface area contributed by atoms with Crippen LogP contribution in [0.2, 0.25) is 57.4 Å². The number of hydrogen-bond acceptors (Lipinski definition) is 4. The summed E-state index contributed by atoms with van der Waals surface area (Å²) in [5, 5.41) is 0. The van der Waals surface area contributed by atoms with Crippen LogP contribution >= 0.6 is 0 Å². The van der Waals surface area contributed by atoms with Crippen molar-refractivity contribution in [2.75, 3.05) is 13.2 Å². The first-order valence-electron chi connectivity index (χ1n) is 15.0. The Hall–Kier alpha value is 0.708. The van der Waals surface area contributed by atoms with Crippen LogP contribution in [-0.4, -0.2) is 48.7 Å². The van der Waals surface area contributed by atoms with Gasteiger partial charge in [-0.3, -0.25) is 0 Å². The minimum Gasteiger partial charge on any atom is -0.459 e. The van der Waals surface area contributed by atoms with E-state index in [-0.39, 0.29) is 0 Å². The van der Waals surface area contributed by atoms with Crippen LogP contribution in [0.1, 0.15) is 103 Å². The zero-order chi connectivity index (χ0) is 26.3. The Morgan fingerprint density at radius 1 is 0.571 bits per heavy atom. The van der Waals surface area contributed by atoms with Crippen LogP contribution in [0, 0.1) is 0 Å². The number of unbranched alkanes of at least 4 members (excludes halogenated alkanes) is 13. The first-order valence-corrected chi connectivity index (χ1v) is 25.1. The van der Waals surface area contributed by atoms with E-state index in [1.807, 2.05) is 6.92 Å². The van der Waals surface area contributed by atoms with Gasteiger partial charge < -0.3 is 8.23 Å². The lowest BCUT2D eigenvalue weighted by Gasteiger charge is -2.34. The molecule has 0 atom stereocenters. The molecule has 8 heteroatoms. The summed E-state index contributed by atoms with van der Waals surface area (Å²) in [4.78, 5) is 9.97. The Balaban J connectivity index is 3.61. The second-order valence-electron chi connectivity index (χ2n) is 11.7. The van der Waals surface area contributed by atoms with E-state index >= 15 is 0 Å². The van der Waals surface area contributed by atoms with E-state index in [9.17, 15) is 0 Å². The number of rotatable bonds is 27. The van der Waals surface area contributed by atoms with Gasteiger partial charge in [-0.05, 0) is 70.8 Å². The maximum Gasteiger partial charge on any atom is 0.214 e. The van der Waals surface area contributed by atoms with Crippen LogP contribution in [0.25, 0.3) is 0 Å². The molecular formula is C27H62O4Si4. The molecule has 0 aliphatic heterocycles. The van der Waals surface area contributed by atoms with Gasteiger partial charge in [0.1, 0.15) is 0 Å². The molecule has 0 aromatic rings. The van der Waals surface area contributed by atoms with E-state index in [0.29, 0.717) is 6.61 Å². The monoisotopic (exact) mass is 562 g/mol. The van der Waals surface area contributed by atoms with E-state index in [4.69, 9.17) is 18.0 Å². The molecule has 0 aromatic heterocycles. The van der Waals surface area contributed by atoms with Crippen LogP contribution in [0.3, 0.4) is 0 Å². The van der Waals surface area contributed by atoms with Gasteiger partial charge in [-0.15, -0.1) is 0 Å². The van der Waals surface area contributed by atoms with Gasteiger partial charge in [0.05, 0.1) is 13.2 Å². The second kappa shape index (κ2) is 23.8. The highest BCUT2D eigenvalue weighted by atomic mass is 28.4. The highest BCUT2D eigenvalue weighted by Crippen LogP contribution is 2.26. The standard InChI is InChI=1S/C27H62O4Si4/c1-8-28-29-24-20-16-12-10-9-11-14-18-22-26-34(4,5)31-35(6,7)27-23-19-15-13-17-21-25-32-30-33(2)3/h33H,8-27H2,1-7H3. The summed E-state index contributed by atoms with van der Waals surface area (Å²) in [6.45, 7) is 17.7. The number of hydrogen-bond donors (Lipinski definition) is 0. The molecule has 2 radical (unpaired) electrons. The summed E-state index contributed by atoms with van der Waals surface area (Å²) in [5.41, 5.74) is 0. The van der Waals surface area contributed by atoms with Gasteiger partial charge in [0.2, 0.25) is 9.76 Å². The van der Waals surface area contributed by atoms with E-state index < -0.39 is 25.7 Å². The molecule has 4 nitrogen and oxygen atoms in total. The summed E-state index contributed by atoms with van der Waals surface area (Å²) in [6.07, 6.45) is 20.3. The third kappa shape index (κ3) is 27.6. The molecule has 0 aliphatic rings. The average Bonchev–Trinajstić information content (AvgIpc) is 2.77. The fraction of sp³-hybridized carbons (Fsp3) is 1.00. The summed E-state index contributed by atoms with van der Waals surface area (Å²) < 4.78 is 12.7. The molecule has 0 fully saturated rings. The molecule has 35 heavy (non-hydrogen) atoms. The van der Waals surface area contributed by atoms with Gasteiger partial charge in [0.15, 0.2) is 25.7 Å². The van der Waals surface area contributed by atoms with E-state index in [2.05, 4.69) is 39.3 Å². The maximum absolute atomic E-state index is 6.87. The third-order valence-corrected chi connectivity index (χ3v) is 17.0. The van der Waals surface area contributed by atoms with Crippen molar-refractivity contribution >= 4 is 35.4 Å². The average molecular weight is 563 g/mol. The van der Waals surface area contributed by atoms with Gasteiger partial charge in [-0.25, -0.2) is 9.78 Å². The quantitative estimate of drug-likeness (QED) is 0.0432. The second-order valence-corrected chi connectivity index (χ2v) is 24.4. The smallest absolute Gasteiger partial charge is 0.214 e. The zero-order valence-electron chi connectivity index (χ0n) is 24.9. The summed E-state index contributed by atoms with van der Waals surface area (Å²) in [6, 6.07) is 3.97. The molecule has 0 spiro atoms. The molecule has 0 aliphatic carbocycles. The molecular weight excluding hydrogens is 501 g/mol. The van der Waals surface area contributed by atoms with Crippen molar-refractivity contribution in [3.05, 3.63) is 0 Å². The van der Waals surface area contributed by atoms with Crippen LogP contribution in [0.15, 0.2) is 0 Å². The Labute approximate surface area is 226 Å². The molecule has 0 heterocycles. The molecule has 0 bridgehead atoms. The minimum atomic E-state index is -1.51. The zero-order valence-corrected chi connectivity index (χ0v) is 29.0. The van der Waals surface area contributed by atoms with Gasteiger partial charge in [0.25, 0.3) is 0 Å². The van der Waals surface area contributed by atoms with E-state index in [1.165, 1.54) is 108 Å². The molecule has 0 amide bonds. The Kier molecular flexibility index (Phi) is 24.3. The molecule has 0 aromatic carbocycles. The highest BCUT2D eigenvalue weighted by molar-refractivity contribution is 6.84. The lowest BCUT2D eigenvalue weighted by molar-refractivity contribution is -0.291. The predicted octanol–water partition coefficient (Wildman–Crippen LogP) is 9.27. The van der Waals surface area contributed by atoms with Crippen molar-refractivity contribution in [1.82, 2.24) is 0 Å². The summed E-state index contributed by atoms with van der Waals surface area (Å²) >= 11 is 0. The molecule has 0 saturated carbocycles. The Morgan fingerprint density at radius 3 is 1.46 bits per heavy atom. The van der Waals surface area contributed by atoms with Crippen molar-refractivity contribution < 1.29 is 18.0 Å². The molecule has 0 rings (SSSR count). The molecule has 0 saturated heterocycles. The fourth-order valence-electron chi connectivity index (χ4n) is 4.62. The maximum atomic E-state index is 6.87. The van der Waals surface area contributed by atoms with Crippen molar-refractivity contribution in [2.24, 2.45) is 0 Å². The van der Waals surface area contributed by atoms with Gasteiger partial charge in [-0.2, -0.15) is 0 Å². The molecule has 0 unspecified atom stereocenters. The van der Waals surface area contributed by atoms with Crippen molar-refractivity contribution in [3.8, 4) is 0 Å². The first kappa shape index (κ1) is 35.7. The Bertz CT molecular complexity index is 451. The molecule has 210 valence electrons. The third-order valence-electron chi connectivity index (χ3n) is 6.39. The fourth-order valence-corrected chi connectivity index (χ4v) is 15.8. The van der Waals surface area contributed by atoms with Crippen LogP contribution in [0.5, 0.6) is 0 Å². The van der Waals surface area contributed by atoms with Gasteiger partial charge in [0, 0.05) is 0 Å². The van der Waals surface area contributed by atoms with Crippen LogP contribution < -0.4 is 0 Å². The van der Waals surface area contributed by atoms with E-state index in [1.54, 1.807) is 0 Å². The van der Waals surface area contributed by atoms with Crippen molar-refractivity contribution in [2.45, 2.75) is 161 Å². The minimum absolute atomic E-state index is 0.641. The summed E-state index contributed by atoms with van der Waals surface area (Å²) in [5.74, 6) is 0. The van der Waals surface area contributed by atoms with Gasteiger partial charge in [-0.1, -0.05) is 89.9 Å². The van der Waals surface area contributed by atoms with Crippen LogP contribution in [0.4, 0.5) is 0 Å². The lowest BCUT2D eigenvalue weighted by Crippen LogP contribution is -2.44. The predicted molar refractivity (Wildman–Crippen MR) is 163 cm³/mol. The van der Waals surface area contributed by atoms with Crippen LogP contribution in [-0.2, 0) is 18.0 Å². The SMILES string of the molecule is CCOOCCCCCCCCCCC[Si](C)(C)O[Si](C)(C)CCCCCCCC[Si]O[SiH](C)C. The largest absolute Gasteiger partial charge is 0.459 e. The lowest BCUT2D eigenvalue weighted by atomic mass is 10.1. The van der Waals surface area contributed by atoms with Crippen molar-refractivity contribution in [1.29, 1.82) is 0 Å². The highest BCUT2D eigenvalue weighted by Gasteiger charge is 2.32. The normalized spacial score (nSPS) is 12.7.